The molecular formula is C23H20F4N2O2. The third-order valence-electron chi connectivity index (χ3n) is 5.31. The van der Waals surface area contributed by atoms with Crippen molar-refractivity contribution in [2.45, 2.75) is 38.1 Å². The van der Waals surface area contributed by atoms with Gasteiger partial charge in [-0.2, -0.15) is 0 Å². The van der Waals surface area contributed by atoms with Crippen LogP contribution in [0.2, 0.25) is 0 Å². The fourth-order valence-corrected chi connectivity index (χ4v) is 3.49. The van der Waals surface area contributed by atoms with Crippen LogP contribution in [0, 0.1) is 5.82 Å². The average Bonchev–Trinajstić information content (AvgIpc) is 2.67. The molecule has 1 aliphatic carbocycles. The van der Waals surface area contributed by atoms with Crippen molar-refractivity contribution in [1.82, 2.24) is 4.98 Å². The van der Waals surface area contributed by atoms with Gasteiger partial charge in [0, 0.05) is 22.9 Å². The van der Waals surface area contributed by atoms with Crippen LogP contribution in [0.3, 0.4) is 0 Å². The number of nitrogens with two attached hydrogens (primary N) is 1. The van der Waals surface area contributed by atoms with Crippen LogP contribution in [0.1, 0.15) is 36.3 Å². The zero-order valence-corrected chi connectivity index (χ0v) is 16.5. The SMILES string of the molecule is Nc1ccc(-c2ccc(C3CCC3)c(OCc3ccc(OC(F)(F)F)cc3)c2F)cn1. The molecule has 1 saturated carbocycles. The van der Waals surface area contributed by atoms with E-state index in [0.717, 1.165) is 24.8 Å². The number of nitrogen functional groups attached to an aromatic ring is 1. The molecule has 8 heteroatoms. The minimum Gasteiger partial charge on any atom is -0.486 e. The molecular weight excluding hydrogens is 412 g/mol. The van der Waals surface area contributed by atoms with E-state index in [1.165, 1.54) is 30.5 Å². The highest BCUT2D eigenvalue weighted by Crippen LogP contribution is 2.44. The quantitative estimate of drug-likeness (QED) is 0.470. The number of hydrogen-bond donors (Lipinski definition) is 1. The number of pyridine rings is 1. The van der Waals surface area contributed by atoms with Crippen molar-refractivity contribution in [2.75, 3.05) is 5.73 Å². The number of hydrogen-bond acceptors (Lipinski definition) is 4. The Balaban J connectivity index is 1.58. The first-order chi connectivity index (χ1) is 14.8. The molecule has 0 radical (unpaired) electrons. The van der Waals surface area contributed by atoms with Crippen LogP contribution >= 0.6 is 0 Å². The van der Waals surface area contributed by atoms with Gasteiger partial charge in [-0.25, -0.2) is 9.37 Å². The largest absolute Gasteiger partial charge is 0.573 e. The Hall–Kier alpha value is -3.29. The van der Waals surface area contributed by atoms with Crippen molar-refractivity contribution in [3.63, 3.8) is 0 Å². The van der Waals surface area contributed by atoms with Crippen LogP contribution in [0.15, 0.2) is 54.7 Å². The topological polar surface area (TPSA) is 57.4 Å². The number of benzene rings is 2. The summed E-state index contributed by atoms with van der Waals surface area (Å²) >= 11 is 0. The molecule has 0 unspecified atom stereocenters. The van der Waals surface area contributed by atoms with E-state index < -0.39 is 12.2 Å². The summed E-state index contributed by atoms with van der Waals surface area (Å²) in [5.41, 5.74) is 7.93. The van der Waals surface area contributed by atoms with E-state index >= 15 is 4.39 Å². The normalized spacial score (nSPS) is 14.2. The maximum Gasteiger partial charge on any atom is 0.573 e. The van der Waals surface area contributed by atoms with Crippen LogP contribution in [-0.4, -0.2) is 11.3 Å². The molecule has 0 spiro atoms. The highest BCUT2D eigenvalue weighted by atomic mass is 19.4. The zero-order chi connectivity index (χ0) is 22.0. The summed E-state index contributed by atoms with van der Waals surface area (Å²) in [6, 6.07) is 12.2. The van der Waals surface area contributed by atoms with E-state index in [2.05, 4.69) is 9.72 Å². The maximum absolute atomic E-state index is 15.5. The van der Waals surface area contributed by atoms with Gasteiger partial charge < -0.3 is 15.2 Å². The summed E-state index contributed by atoms with van der Waals surface area (Å²) in [4.78, 5) is 4.02. The molecule has 0 bridgehead atoms. The fraction of sp³-hybridized carbons (Fsp3) is 0.261. The number of aromatic nitrogens is 1. The molecule has 1 aliphatic rings. The summed E-state index contributed by atoms with van der Waals surface area (Å²) in [7, 11) is 0. The van der Waals surface area contributed by atoms with Crippen molar-refractivity contribution < 1.29 is 27.0 Å². The van der Waals surface area contributed by atoms with Gasteiger partial charge in [0.2, 0.25) is 0 Å². The lowest BCUT2D eigenvalue weighted by Gasteiger charge is -2.28. The van der Waals surface area contributed by atoms with Gasteiger partial charge in [-0.05, 0) is 48.6 Å². The Morgan fingerprint density at radius 1 is 1.00 bits per heavy atom. The highest BCUT2D eigenvalue weighted by molar-refractivity contribution is 5.67. The molecule has 1 aromatic heterocycles. The van der Waals surface area contributed by atoms with Gasteiger partial charge in [-0.15, -0.1) is 13.2 Å². The summed E-state index contributed by atoms with van der Waals surface area (Å²) < 4.78 is 62.1. The van der Waals surface area contributed by atoms with Crippen molar-refractivity contribution in [1.29, 1.82) is 0 Å². The third-order valence-corrected chi connectivity index (χ3v) is 5.31. The van der Waals surface area contributed by atoms with Gasteiger partial charge in [0.15, 0.2) is 11.6 Å². The first kappa shape index (κ1) is 21.0. The Labute approximate surface area is 176 Å². The number of anilines is 1. The first-order valence-corrected chi connectivity index (χ1v) is 9.82. The highest BCUT2D eigenvalue weighted by Gasteiger charge is 2.31. The van der Waals surface area contributed by atoms with Crippen LogP contribution in [0.4, 0.5) is 23.4 Å². The van der Waals surface area contributed by atoms with E-state index in [9.17, 15) is 13.2 Å². The van der Waals surface area contributed by atoms with E-state index in [-0.39, 0.29) is 24.0 Å². The van der Waals surface area contributed by atoms with Crippen molar-refractivity contribution >= 4 is 5.82 Å². The van der Waals surface area contributed by atoms with Crippen molar-refractivity contribution in [3.8, 4) is 22.6 Å². The van der Waals surface area contributed by atoms with Crippen LogP contribution in [0.25, 0.3) is 11.1 Å². The lowest BCUT2D eigenvalue weighted by atomic mass is 9.79. The second kappa shape index (κ2) is 8.45. The maximum atomic E-state index is 15.5. The molecule has 31 heavy (non-hydrogen) atoms. The lowest BCUT2D eigenvalue weighted by molar-refractivity contribution is -0.274. The smallest absolute Gasteiger partial charge is 0.486 e. The van der Waals surface area contributed by atoms with Crippen molar-refractivity contribution in [2.24, 2.45) is 0 Å². The van der Waals surface area contributed by atoms with Crippen LogP contribution in [-0.2, 0) is 6.61 Å². The molecule has 4 nitrogen and oxygen atoms in total. The van der Waals surface area contributed by atoms with Gasteiger partial charge in [0.05, 0.1) is 0 Å². The summed E-state index contributed by atoms with van der Waals surface area (Å²) in [5.74, 6) is -0.0894. The summed E-state index contributed by atoms with van der Waals surface area (Å²) in [6.07, 6.45) is -0.254. The Kier molecular flexibility index (Phi) is 5.71. The summed E-state index contributed by atoms with van der Waals surface area (Å²) in [6.45, 7) is 0.00633. The minimum atomic E-state index is -4.75. The van der Waals surface area contributed by atoms with E-state index in [4.69, 9.17) is 10.5 Å². The monoisotopic (exact) mass is 432 g/mol. The van der Waals surface area contributed by atoms with E-state index in [0.29, 0.717) is 22.5 Å². The van der Waals surface area contributed by atoms with Gasteiger partial charge in [-0.3, -0.25) is 0 Å². The molecule has 2 aromatic carbocycles. The summed E-state index contributed by atoms with van der Waals surface area (Å²) in [5, 5.41) is 0. The second-order valence-electron chi connectivity index (χ2n) is 7.43. The Bertz CT molecular complexity index is 1050. The van der Waals surface area contributed by atoms with E-state index in [1.807, 2.05) is 6.07 Å². The molecule has 1 heterocycles. The third kappa shape index (κ3) is 4.90. The minimum absolute atomic E-state index is 0.00633. The zero-order valence-electron chi connectivity index (χ0n) is 16.5. The molecule has 1 fully saturated rings. The number of rotatable bonds is 6. The molecule has 0 amide bonds. The fourth-order valence-electron chi connectivity index (χ4n) is 3.49. The Morgan fingerprint density at radius 2 is 1.74 bits per heavy atom. The van der Waals surface area contributed by atoms with Gasteiger partial charge >= 0.3 is 6.36 Å². The molecule has 2 N–H and O–H groups in total. The van der Waals surface area contributed by atoms with Crippen LogP contribution < -0.4 is 15.2 Å². The number of alkyl halides is 3. The Morgan fingerprint density at radius 3 is 2.32 bits per heavy atom. The second-order valence-corrected chi connectivity index (χ2v) is 7.43. The van der Waals surface area contributed by atoms with E-state index in [1.54, 1.807) is 18.2 Å². The number of halogens is 4. The first-order valence-electron chi connectivity index (χ1n) is 9.82. The van der Waals surface area contributed by atoms with Gasteiger partial charge in [0.25, 0.3) is 0 Å². The standard InChI is InChI=1S/C23H20F4N2O2/c24-21-18(16-6-11-20(28)29-12-16)9-10-19(15-2-1-3-15)22(21)30-13-14-4-7-17(8-5-14)31-23(25,26)27/h4-12,15H,1-3,13H2,(H2,28,29). The van der Waals surface area contributed by atoms with Gasteiger partial charge in [0.1, 0.15) is 18.2 Å². The molecule has 162 valence electrons. The van der Waals surface area contributed by atoms with Crippen LogP contribution in [0.5, 0.6) is 11.5 Å². The predicted octanol–water partition coefficient (Wildman–Crippen LogP) is 6.22. The molecule has 0 atom stereocenters. The molecule has 4 rings (SSSR count). The number of nitrogens with zero attached hydrogens (tertiary/aromatic N) is 1. The lowest BCUT2D eigenvalue weighted by Crippen LogP contribution is -2.17. The molecule has 0 saturated heterocycles. The van der Waals surface area contributed by atoms with Crippen molar-refractivity contribution in [3.05, 3.63) is 71.7 Å². The number of ether oxygens (including phenoxy) is 2. The molecule has 0 aliphatic heterocycles. The predicted molar refractivity (Wildman–Crippen MR) is 108 cm³/mol. The molecule has 3 aromatic rings. The average molecular weight is 432 g/mol. The van der Waals surface area contributed by atoms with Gasteiger partial charge in [-0.1, -0.05) is 30.7 Å².